The molecule has 134 valence electrons. The highest BCUT2D eigenvalue weighted by Crippen LogP contribution is 2.24. The molecule has 1 aromatic rings. The van der Waals surface area contributed by atoms with Crippen LogP contribution in [0.1, 0.15) is 77.2 Å². The van der Waals surface area contributed by atoms with Crippen LogP contribution in [0.3, 0.4) is 0 Å². The summed E-state index contributed by atoms with van der Waals surface area (Å²) in [6.45, 7) is 6.82. The van der Waals surface area contributed by atoms with Crippen molar-refractivity contribution in [2.24, 2.45) is 0 Å². The van der Waals surface area contributed by atoms with Gasteiger partial charge in [0, 0.05) is 25.5 Å². The molecule has 0 fully saturated rings. The first kappa shape index (κ1) is 18.9. The maximum Gasteiger partial charge on any atom is 0.101 e. The molecule has 1 atom stereocenters. The normalized spacial score (nSPS) is 17.0. The molecule has 1 aliphatic rings. The predicted molar refractivity (Wildman–Crippen MR) is 105 cm³/mol. The lowest BCUT2D eigenvalue weighted by molar-refractivity contribution is 0.132. The van der Waals surface area contributed by atoms with Crippen LogP contribution in [-0.4, -0.2) is 22.5 Å². The molecule has 0 aromatic heterocycles. The third-order valence-corrected chi connectivity index (χ3v) is 5.01. The van der Waals surface area contributed by atoms with E-state index in [2.05, 4.69) is 66.4 Å². The van der Waals surface area contributed by atoms with Gasteiger partial charge in [0.2, 0.25) is 0 Å². The van der Waals surface area contributed by atoms with Crippen LogP contribution in [-0.2, 0) is 6.54 Å². The summed E-state index contributed by atoms with van der Waals surface area (Å²) >= 11 is 0. The highest BCUT2D eigenvalue weighted by Gasteiger charge is 2.25. The Morgan fingerprint density at radius 3 is 2.17 bits per heavy atom. The van der Waals surface area contributed by atoms with E-state index >= 15 is 0 Å². The average Bonchev–Trinajstić information content (AvgIpc) is 2.98. The SMILES string of the molecule is CCCCCCCN1C=CN(Cc2ccccc2)C1CCCCC. The van der Waals surface area contributed by atoms with Crippen molar-refractivity contribution in [2.45, 2.75) is 84.3 Å². The van der Waals surface area contributed by atoms with E-state index in [4.69, 9.17) is 0 Å². The number of unbranched alkanes of at least 4 members (excludes halogenated alkanes) is 6. The van der Waals surface area contributed by atoms with E-state index in [1.165, 1.54) is 69.9 Å². The van der Waals surface area contributed by atoms with Crippen molar-refractivity contribution >= 4 is 0 Å². The maximum absolute atomic E-state index is 2.59. The van der Waals surface area contributed by atoms with Crippen molar-refractivity contribution in [1.29, 1.82) is 0 Å². The van der Waals surface area contributed by atoms with Gasteiger partial charge in [-0.25, -0.2) is 0 Å². The quantitative estimate of drug-likeness (QED) is 0.424. The summed E-state index contributed by atoms with van der Waals surface area (Å²) < 4.78 is 0. The molecule has 0 saturated heterocycles. The summed E-state index contributed by atoms with van der Waals surface area (Å²) in [4.78, 5) is 5.13. The fourth-order valence-electron chi connectivity index (χ4n) is 3.54. The van der Waals surface area contributed by atoms with Crippen LogP contribution >= 0.6 is 0 Å². The summed E-state index contributed by atoms with van der Waals surface area (Å²) in [7, 11) is 0. The second kappa shape index (κ2) is 11.2. The second-order valence-electron chi connectivity index (χ2n) is 7.08. The van der Waals surface area contributed by atoms with Crippen molar-refractivity contribution in [2.75, 3.05) is 6.54 Å². The molecule has 2 heteroatoms. The topological polar surface area (TPSA) is 6.48 Å². The first-order valence-electron chi connectivity index (χ1n) is 10.1. The Bertz CT molecular complexity index is 454. The number of rotatable bonds is 12. The van der Waals surface area contributed by atoms with Gasteiger partial charge >= 0.3 is 0 Å². The van der Waals surface area contributed by atoms with Gasteiger partial charge in [0.05, 0.1) is 0 Å². The predicted octanol–water partition coefficient (Wildman–Crippen LogP) is 6.15. The molecular weight excluding hydrogens is 292 g/mol. The molecule has 0 spiro atoms. The van der Waals surface area contributed by atoms with Crippen molar-refractivity contribution in [3.05, 3.63) is 48.3 Å². The first-order chi connectivity index (χ1) is 11.8. The van der Waals surface area contributed by atoms with Crippen LogP contribution in [0.25, 0.3) is 0 Å². The maximum atomic E-state index is 2.59. The summed E-state index contributed by atoms with van der Waals surface area (Å²) in [6, 6.07) is 10.9. The van der Waals surface area contributed by atoms with Gasteiger partial charge in [0.25, 0.3) is 0 Å². The van der Waals surface area contributed by atoms with Gasteiger partial charge in [-0.2, -0.15) is 0 Å². The third-order valence-electron chi connectivity index (χ3n) is 5.01. The van der Waals surface area contributed by atoms with Gasteiger partial charge in [-0.3, -0.25) is 0 Å². The highest BCUT2D eigenvalue weighted by molar-refractivity contribution is 5.15. The molecule has 1 aromatic carbocycles. The molecule has 0 radical (unpaired) electrons. The van der Waals surface area contributed by atoms with Crippen molar-refractivity contribution in [3.8, 4) is 0 Å². The van der Waals surface area contributed by atoms with Crippen molar-refractivity contribution < 1.29 is 0 Å². The highest BCUT2D eigenvalue weighted by atomic mass is 15.4. The second-order valence-corrected chi connectivity index (χ2v) is 7.08. The Balaban J connectivity index is 1.86. The minimum Gasteiger partial charge on any atom is -0.356 e. The van der Waals surface area contributed by atoms with Gasteiger partial charge in [-0.1, -0.05) is 82.7 Å². The monoisotopic (exact) mass is 328 g/mol. The van der Waals surface area contributed by atoms with Crippen LogP contribution in [0.15, 0.2) is 42.7 Å². The zero-order valence-electron chi connectivity index (χ0n) is 15.8. The van der Waals surface area contributed by atoms with Crippen LogP contribution in [0, 0.1) is 0 Å². The Morgan fingerprint density at radius 2 is 1.42 bits per heavy atom. The van der Waals surface area contributed by atoms with E-state index in [0.717, 1.165) is 6.54 Å². The Morgan fingerprint density at radius 1 is 0.750 bits per heavy atom. The van der Waals surface area contributed by atoms with E-state index < -0.39 is 0 Å². The fraction of sp³-hybridized carbons (Fsp3) is 0.636. The van der Waals surface area contributed by atoms with Gasteiger partial charge < -0.3 is 9.80 Å². The standard InChI is InChI=1S/C22H36N2/c1-3-5-7-8-13-17-23-18-19-24(22(23)16-10-6-4-2)20-21-14-11-9-12-15-21/h9,11-12,14-15,18-19,22H,3-8,10,13,16-17,20H2,1-2H3. The van der Waals surface area contributed by atoms with Crippen LogP contribution in [0.2, 0.25) is 0 Å². The summed E-state index contributed by atoms with van der Waals surface area (Å²) in [5, 5.41) is 0. The minimum absolute atomic E-state index is 0.558. The lowest BCUT2D eigenvalue weighted by Crippen LogP contribution is -2.38. The molecule has 1 unspecified atom stereocenters. The zero-order valence-corrected chi connectivity index (χ0v) is 15.8. The molecule has 2 rings (SSSR count). The summed E-state index contributed by atoms with van der Waals surface area (Å²) in [6.07, 6.45) is 17.3. The number of hydrogen-bond acceptors (Lipinski definition) is 2. The van der Waals surface area contributed by atoms with Crippen LogP contribution < -0.4 is 0 Å². The summed E-state index contributed by atoms with van der Waals surface area (Å²) in [5.41, 5.74) is 1.41. The molecule has 24 heavy (non-hydrogen) atoms. The van der Waals surface area contributed by atoms with E-state index in [-0.39, 0.29) is 0 Å². The van der Waals surface area contributed by atoms with Crippen LogP contribution in [0.5, 0.6) is 0 Å². The molecule has 1 aliphatic heterocycles. The lowest BCUT2D eigenvalue weighted by Gasteiger charge is -2.33. The van der Waals surface area contributed by atoms with Gasteiger partial charge in [0.1, 0.15) is 6.17 Å². The number of hydrogen-bond donors (Lipinski definition) is 0. The first-order valence-corrected chi connectivity index (χ1v) is 10.1. The van der Waals surface area contributed by atoms with Crippen LogP contribution in [0.4, 0.5) is 0 Å². The van der Waals surface area contributed by atoms with Crippen molar-refractivity contribution in [1.82, 2.24) is 9.80 Å². The average molecular weight is 329 g/mol. The molecule has 0 aliphatic carbocycles. The smallest absolute Gasteiger partial charge is 0.101 e. The molecule has 0 bridgehead atoms. The molecular formula is C22H36N2. The number of nitrogens with zero attached hydrogens (tertiary/aromatic N) is 2. The Kier molecular flexibility index (Phi) is 8.80. The Hall–Kier alpha value is -1.44. The van der Waals surface area contributed by atoms with E-state index in [9.17, 15) is 0 Å². The van der Waals surface area contributed by atoms with Gasteiger partial charge in [0.15, 0.2) is 0 Å². The van der Waals surface area contributed by atoms with E-state index in [0.29, 0.717) is 6.17 Å². The third kappa shape index (κ3) is 6.22. The fourth-order valence-corrected chi connectivity index (χ4v) is 3.54. The number of benzene rings is 1. The molecule has 0 N–H and O–H groups in total. The lowest BCUT2D eigenvalue weighted by atomic mass is 10.1. The van der Waals surface area contributed by atoms with E-state index in [1.807, 2.05) is 0 Å². The molecule has 2 nitrogen and oxygen atoms in total. The minimum atomic E-state index is 0.558. The van der Waals surface area contributed by atoms with E-state index in [1.54, 1.807) is 0 Å². The molecule has 0 saturated carbocycles. The van der Waals surface area contributed by atoms with Crippen molar-refractivity contribution in [3.63, 3.8) is 0 Å². The van der Waals surface area contributed by atoms with Gasteiger partial charge in [-0.15, -0.1) is 0 Å². The largest absolute Gasteiger partial charge is 0.356 e. The molecule has 0 amide bonds. The van der Waals surface area contributed by atoms with Gasteiger partial charge in [-0.05, 0) is 24.8 Å². The summed E-state index contributed by atoms with van der Waals surface area (Å²) in [5.74, 6) is 0. The zero-order chi connectivity index (χ0) is 17.0. The molecule has 1 heterocycles. The Labute approximate surface area is 149 Å².